The van der Waals surface area contributed by atoms with Crippen molar-refractivity contribution in [2.24, 2.45) is 0 Å². The number of anilines is 1. The van der Waals surface area contributed by atoms with E-state index in [-0.39, 0.29) is 0 Å². The lowest BCUT2D eigenvalue weighted by Crippen LogP contribution is -2.30. The molecular formula is C18H20N4S. The number of pyridine rings is 2. The molecule has 1 saturated heterocycles. The Labute approximate surface area is 140 Å². The normalized spacial score (nSPS) is 16.7. The van der Waals surface area contributed by atoms with Crippen molar-refractivity contribution in [2.75, 3.05) is 25.0 Å². The van der Waals surface area contributed by atoms with Crippen molar-refractivity contribution in [3.63, 3.8) is 0 Å². The summed E-state index contributed by atoms with van der Waals surface area (Å²) in [6, 6.07) is 6.71. The van der Waals surface area contributed by atoms with Crippen LogP contribution < -0.4 is 5.32 Å². The molecule has 0 aliphatic carbocycles. The van der Waals surface area contributed by atoms with Crippen LogP contribution in [0.3, 0.4) is 0 Å². The summed E-state index contributed by atoms with van der Waals surface area (Å²) in [5.74, 6) is 0.926. The number of fused-ring (bicyclic) bond motifs is 1. The molecule has 0 amide bonds. The Morgan fingerprint density at radius 2 is 2.04 bits per heavy atom. The van der Waals surface area contributed by atoms with Crippen LogP contribution in [0.25, 0.3) is 10.8 Å². The maximum Gasteiger partial charge on any atom is 0.135 e. The molecule has 5 heteroatoms. The second-order valence-corrected chi connectivity index (χ2v) is 6.73. The van der Waals surface area contributed by atoms with E-state index in [4.69, 9.17) is 0 Å². The highest BCUT2D eigenvalue weighted by Crippen LogP contribution is 2.28. The summed E-state index contributed by atoms with van der Waals surface area (Å²) in [7, 11) is 0. The number of aromatic nitrogens is 2. The highest BCUT2D eigenvalue weighted by atomic mass is 32.1. The molecular weight excluding hydrogens is 304 g/mol. The van der Waals surface area contributed by atoms with Gasteiger partial charge < -0.3 is 5.32 Å². The second kappa shape index (κ2) is 6.64. The number of hydrogen-bond acceptors (Lipinski definition) is 5. The first kappa shape index (κ1) is 14.6. The SMILES string of the molecule is c1cc2ccnc(NCC(c3ccsc3)N3CCCC3)c2cn1. The van der Waals surface area contributed by atoms with Gasteiger partial charge in [-0.3, -0.25) is 9.88 Å². The molecule has 1 aliphatic heterocycles. The van der Waals surface area contributed by atoms with Crippen LogP contribution in [0.2, 0.25) is 0 Å². The molecule has 4 nitrogen and oxygen atoms in total. The minimum absolute atomic E-state index is 0.414. The van der Waals surface area contributed by atoms with Crippen molar-refractivity contribution in [1.29, 1.82) is 0 Å². The average molecular weight is 324 g/mol. The van der Waals surface area contributed by atoms with Crippen LogP contribution in [-0.4, -0.2) is 34.5 Å². The molecule has 0 bridgehead atoms. The Hall–Kier alpha value is -1.98. The Morgan fingerprint density at radius 1 is 1.17 bits per heavy atom. The van der Waals surface area contributed by atoms with Crippen LogP contribution in [0, 0.1) is 0 Å². The number of hydrogen-bond donors (Lipinski definition) is 1. The number of likely N-dealkylation sites (tertiary alicyclic amines) is 1. The zero-order valence-corrected chi connectivity index (χ0v) is 13.8. The van der Waals surface area contributed by atoms with E-state index in [1.165, 1.54) is 36.9 Å². The molecule has 4 heterocycles. The van der Waals surface area contributed by atoms with Crippen LogP contribution in [0.15, 0.2) is 47.5 Å². The van der Waals surface area contributed by atoms with Gasteiger partial charge >= 0.3 is 0 Å². The lowest BCUT2D eigenvalue weighted by atomic mass is 10.1. The van der Waals surface area contributed by atoms with Crippen LogP contribution in [0.5, 0.6) is 0 Å². The number of nitrogens with zero attached hydrogens (tertiary/aromatic N) is 3. The van der Waals surface area contributed by atoms with E-state index in [1.54, 1.807) is 11.3 Å². The Kier molecular flexibility index (Phi) is 4.22. The molecule has 3 aromatic heterocycles. The quantitative estimate of drug-likeness (QED) is 0.772. The lowest BCUT2D eigenvalue weighted by molar-refractivity contribution is 0.256. The topological polar surface area (TPSA) is 41.1 Å². The van der Waals surface area contributed by atoms with Crippen LogP contribution in [0.1, 0.15) is 24.4 Å². The predicted molar refractivity (Wildman–Crippen MR) is 95.9 cm³/mol. The van der Waals surface area contributed by atoms with Gasteiger partial charge in [0.1, 0.15) is 5.82 Å². The molecule has 0 aromatic carbocycles. The predicted octanol–water partition coefficient (Wildman–Crippen LogP) is 3.94. The van der Waals surface area contributed by atoms with Gasteiger partial charge in [-0.1, -0.05) is 0 Å². The summed E-state index contributed by atoms with van der Waals surface area (Å²) >= 11 is 1.77. The van der Waals surface area contributed by atoms with Gasteiger partial charge in [-0.05, 0) is 65.8 Å². The van der Waals surface area contributed by atoms with Gasteiger partial charge in [0.25, 0.3) is 0 Å². The zero-order chi connectivity index (χ0) is 15.5. The first-order chi connectivity index (χ1) is 11.4. The van der Waals surface area contributed by atoms with Crippen LogP contribution >= 0.6 is 11.3 Å². The second-order valence-electron chi connectivity index (χ2n) is 5.95. The summed E-state index contributed by atoms with van der Waals surface area (Å²) in [6.45, 7) is 3.25. The summed E-state index contributed by atoms with van der Waals surface area (Å²) in [5, 5.41) is 10.3. The number of thiophene rings is 1. The van der Waals surface area contributed by atoms with Crippen molar-refractivity contribution in [1.82, 2.24) is 14.9 Å². The Balaban J connectivity index is 1.57. The third kappa shape index (κ3) is 3.07. The van der Waals surface area contributed by atoms with Gasteiger partial charge in [0, 0.05) is 30.5 Å². The fourth-order valence-corrected chi connectivity index (χ4v) is 4.03. The minimum Gasteiger partial charge on any atom is -0.368 e. The third-order valence-electron chi connectivity index (χ3n) is 4.54. The molecule has 0 radical (unpaired) electrons. The van der Waals surface area contributed by atoms with Crippen molar-refractivity contribution >= 4 is 27.9 Å². The highest BCUT2D eigenvalue weighted by Gasteiger charge is 2.23. The van der Waals surface area contributed by atoms with E-state index in [9.17, 15) is 0 Å². The molecule has 4 rings (SSSR count). The molecule has 1 fully saturated rings. The van der Waals surface area contributed by atoms with Crippen LogP contribution in [-0.2, 0) is 0 Å². The molecule has 0 spiro atoms. The van der Waals surface area contributed by atoms with E-state index in [0.717, 1.165) is 17.7 Å². The van der Waals surface area contributed by atoms with Crippen LogP contribution in [0.4, 0.5) is 5.82 Å². The Bertz CT molecular complexity index is 760. The molecule has 3 aromatic rings. The maximum atomic E-state index is 4.52. The molecule has 1 unspecified atom stereocenters. The van der Waals surface area contributed by atoms with Gasteiger partial charge in [0.2, 0.25) is 0 Å². The minimum atomic E-state index is 0.414. The first-order valence-corrected chi connectivity index (χ1v) is 9.05. The van der Waals surface area contributed by atoms with E-state index < -0.39 is 0 Å². The fraction of sp³-hybridized carbons (Fsp3) is 0.333. The van der Waals surface area contributed by atoms with Crippen molar-refractivity contribution in [3.05, 3.63) is 53.1 Å². The summed E-state index contributed by atoms with van der Waals surface area (Å²) in [4.78, 5) is 11.3. The summed E-state index contributed by atoms with van der Waals surface area (Å²) < 4.78 is 0. The van der Waals surface area contributed by atoms with E-state index >= 15 is 0 Å². The van der Waals surface area contributed by atoms with E-state index in [2.05, 4.69) is 37.0 Å². The zero-order valence-electron chi connectivity index (χ0n) is 13.0. The van der Waals surface area contributed by atoms with Gasteiger partial charge in [0.15, 0.2) is 0 Å². The van der Waals surface area contributed by atoms with E-state index in [0.29, 0.717) is 6.04 Å². The fourth-order valence-electron chi connectivity index (χ4n) is 3.32. The van der Waals surface area contributed by atoms with Gasteiger partial charge in [-0.15, -0.1) is 0 Å². The Morgan fingerprint density at radius 3 is 2.87 bits per heavy atom. The average Bonchev–Trinajstić information content (AvgIpc) is 3.29. The molecule has 0 saturated carbocycles. The van der Waals surface area contributed by atoms with Gasteiger partial charge in [-0.25, -0.2) is 4.98 Å². The lowest BCUT2D eigenvalue weighted by Gasteiger charge is -2.27. The van der Waals surface area contributed by atoms with Crippen molar-refractivity contribution in [2.45, 2.75) is 18.9 Å². The summed E-state index contributed by atoms with van der Waals surface area (Å²) in [5.41, 5.74) is 1.41. The third-order valence-corrected chi connectivity index (χ3v) is 5.24. The largest absolute Gasteiger partial charge is 0.368 e. The van der Waals surface area contributed by atoms with E-state index in [1.807, 2.05) is 30.7 Å². The monoisotopic (exact) mass is 324 g/mol. The maximum absolute atomic E-state index is 4.52. The standard InChI is InChI=1S/C18H20N4S/c1-2-9-22(8-1)17(15-5-10-23-13-15)12-21-18-16-11-19-6-3-14(16)4-7-20-18/h3-7,10-11,13,17H,1-2,8-9,12H2,(H,20,21). The summed E-state index contributed by atoms with van der Waals surface area (Å²) in [6.07, 6.45) is 8.18. The van der Waals surface area contributed by atoms with Gasteiger partial charge in [0.05, 0.1) is 6.04 Å². The highest BCUT2D eigenvalue weighted by molar-refractivity contribution is 7.07. The molecule has 1 atom stereocenters. The molecule has 1 N–H and O–H groups in total. The molecule has 118 valence electrons. The smallest absolute Gasteiger partial charge is 0.135 e. The van der Waals surface area contributed by atoms with Crippen molar-refractivity contribution in [3.8, 4) is 0 Å². The van der Waals surface area contributed by atoms with Crippen molar-refractivity contribution < 1.29 is 0 Å². The first-order valence-electron chi connectivity index (χ1n) is 8.10. The molecule has 1 aliphatic rings. The molecule has 23 heavy (non-hydrogen) atoms. The van der Waals surface area contributed by atoms with Gasteiger partial charge in [-0.2, -0.15) is 11.3 Å². The number of nitrogens with one attached hydrogen (secondary N) is 1. The number of rotatable bonds is 5.